The topological polar surface area (TPSA) is 81.9 Å². The maximum Gasteiger partial charge on any atom is 0.308 e. The van der Waals surface area contributed by atoms with E-state index in [2.05, 4.69) is 4.74 Å². The highest BCUT2D eigenvalue weighted by atomic mass is 16.6. The second kappa shape index (κ2) is 6.33. The van der Waals surface area contributed by atoms with Crippen molar-refractivity contribution in [3.05, 3.63) is 34.4 Å². The first-order chi connectivity index (χ1) is 9.60. The fraction of sp³-hybridized carbons (Fsp3) is 0.462. The molecule has 1 saturated heterocycles. The molecule has 0 N–H and O–H groups in total. The Morgan fingerprint density at radius 3 is 2.80 bits per heavy atom. The van der Waals surface area contributed by atoms with Gasteiger partial charge in [-0.3, -0.25) is 14.9 Å². The normalized spacial score (nSPS) is 18.6. The summed E-state index contributed by atoms with van der Waals surface area (Å²) >= 11 is 0. The second-order valence-corrected chi connectivity index (χ2v) is 4.49. The third-order valence-electron chi connectivity index (χ3n) is 3.19. The fourth-order valence-corrected chi connectivity index (χ4v) is 2.13. The monoisotopic (exact) mass is 280 g/mol. The summed E-state index contributed by atoms with van der Waals surface area (Å²) < 4.78 is 10.1. The van der Waals surface area contributed by atoms with Gasteiger partial charge in [-0.1, -0.05) is 0 Å². The summed E-state index contributed by atoms with van der Waals surface area (Å²) in [6, 6.07) is 6.36. The number of esters is 1. The van der Waals surface area contributed by atoms with Crippen molar-refractivity contribution in [2.24, 2.45) is 0 Å². The van der Waals surface area contributed by atoms with Gasteiger partial charge in [0.2, 0.25) is 0 Å². The molecule has 1 atom stereocenters. The van der Waals surface area contributed by atoms with Crippen molar-refractivity contribution in [3.8, 4) is 0 Å². The number of carbonyl (C=O) groups is 1. The van der Waals surface area contributed by atoms with Crippen molar-refractivity contribution in [2.75, 3.05) is 31.7 Å². The van der Waals surface area contributed by atoms with Crippen LogP contribution in [0, 0.1) is 10.1 Å². The Bertz CT molecular complexity index is 488. The molecule has 0 spiro atoms. The Balaban J connectivity index is 2.01. The van der Waals surface area contributed by atoms with E-state index in [0.29, 0.717) is 19.7 Å². The molecule has 1 aliphatic rings. The zero-order chi connectivity index (χ0) is 14.5. The van der Waals surface area contributed by atoms with Gasteiger partial charge in [0.1, 0.15) is 0 Å². The van der Waals surface area contributed by atoms with E-state index in [-0.39, 0.29) is 24.2 Å². The number of nitrogens with zero attached hydrogens (tertiary/aromatic N) is 2. The Hall–Kier alpha value is -2.15. The average molecular weight is 280 g/mol. The number of rotatable bonds is 4. The minimum atomic E-state index is -0.427. The van der Waals surface area contributed by atoms with Crippen LogP contribution in [0.2, 0.25) is 0 Å². The van der Waals surface area contributed by atoms with E-state index in [1.54, 1.807) is 12.1 Å². The Morgan fingerprint density at radius 1 is 1.50 bits per heavy atom. The first kappa shape index (κ1) is 14.3. The van der Waals surface area contributed by atoms with Crippen molar-refractivity contribution in [1.82, 2.24) is 0 Å². The molecule has 0 radical (unpaired) electrons. The maximum atomic E-state index is 11.2. The molecular formula is C13H16N2O5. The quantitative estimate of drug-likeness (QED) is 0.470. The molecule has 0 amide bonds. The van der Waals surface area contributed by atoms with Crippen molar-refractivity contribution in [2.45, 2.75) is 12.5 Å². The summed E-state index contributed by atoms with van der Waals surface area (Å²) in [5.74, 6) is -0.305. The second-order valence-electron chi connectivity index (χ2n) is 4.49. The molecule has 2 rings (SSSR count). The van der Waals surface area contributed by atoms with Crippen LogP contribution >= 0.6 is 0 Å². The van der Waals surface area contributed by atoms with Crippen LogP contribution in [0.1, 0.15) is 6.42 Å². The van der Waals surface area contributed by atoms with Crippen LogP contribution in [-0.4, -0.2) is 43.8 Å². The highest BCUT2D eigenvalue weighted by molar-refractivity contribution is 5.70. The molecular weight excluding hydrogens is 264 g/mol. The Labute approximate surface area is 116 Å². The van der Waals surface area contributed by atoms with E-state index < -0.39 is 4.92 Å². The molecule has 1 fully saturated rings. The van der Waals surface area contributed by atoms with Crippen LogP contribution in [0.3, 0.4) is 0 Å². The summed E-state index contributed by atoms with van der Waals surface area (Å²) in [5.41, 5.74) is 0.946. The van der Waals surface area contributed by atoms with Crippen LogP contribution in [-0.2, 0) is 14.3 Å². The lowest BCUT2D eigenvalue weighted by atomic mass is 10.2. The molecule has 7 nitrogen and oxygen atoms in total. The smallest absolute Gasteiger partial charge is 0.308 e. The number of nitro benzene ring substituents is 1. The number of methoxy groups -OCH3 is 1. The molecule has 1 unspecified atom stereocenters. The molecule has 1 heterocycles. The molecule has 108 valence electrons. The van der Waals surface area contributed by atoms with Gasteiger partial charge in [0.05, 0.1) is 31.2 Å². The lowest BCUT2D eigenvalue weighted by molar-refractivity contribution is -0.384. The zero-order valence-corrected chi connectivity index (χ0v) is 11.2. The van der Waals surface area contributed by atoms with Gasteiger partial charge in [0.25, 0.3) is 5.69 Å². The van der Waals surface area contributed by atoms with Crippen molar-refractivity contribution < 1.29 is 19.2 Å². The minimum absolute atomic E-state index is 0.0631. The van der Waals surface area contributed by atoms with E-state index in [9.17, 15) is 14.9 Å². The van der Waals surface area contributed by atoms with Gasteiger partial charge < -0.3 is 14.4 Å². The van der Waals surface area contributed by atoms with Gasteiger partial charge in [-0.2, -0.15) is 0 Å². The summed E-state index contributed by atoms with van der Waals surface area (Å²) in [6.07, 6.45) is -0.00799. The van der Waals surface area contributed by atoms with Gasteiger partial charge in [0, 0.05) is 30.9 Å². The average Bonchev–Trinajstić information content (AvgIpc) is 2.47. The zero-order valence-electron chi connectivity index (χ0n) is 11.2. The van der Waals surface area contributed by atoms with Crippen LogP contribution in [0.25, 0.3) is 0 Å². The summed E-state index contributed by atoms with van der Waals surface area (Å²) in [7, 11) is 1.35. The number of nitro groups is 1. The van der Waals surface area contributed by atoms with Gasteiger partial charge in [-0.05, 0) is 12.1 Å². The SMILES string of the molecule is COC(=O)CC1CN(c2ccc([N+](=O)[O-])cc2)CCO1. The Morgan fingerprint density at radius 2 is 2.20 bits per heavy atom. The highest BCUT2D eigenvalue weighted by Gasteiger charge is 2.23. The predicted octanol–water partition coefficient (Wildman–Crippen LogP) is 1.36. The van der Waals surface area contributed by atoms with Crippen molar-refractivity contribution in [3.63, 3.8) is 0 Å². The first-order valence-electron chi connectivity index (χ1n) is 6.28. The van der Waals surface area contributed by atoms with E-state index in [1.807, 2.05) is 4.90 Å². The lowest BCUT2D eigenvalue weighted by Crippen LogP contribution is -2.43. The number of ether oxygens (including phenoxy) is 2. The number of carbonyl (C=O) groups excluding carboxylic acids is 1. The molecule has 0 aliphatic carbocycles. The molecule has 0 saturated carbocycles. The third kappa shape index (κ3) is 3.45. The molecule has 1 aliphatic heterocycles. The number of benzene rings is 1. The summed E-state index contributed by atoms with van der Waals surface area (Å²) in [6.45, 7) is 1.76. The van der Waals surface area contributed by atoms with Gasteiger partial charge in [-0.25, -0.2) is 0 Å². The van der Waals surface area contributed by atoms with Gasteiger partial charge in [-0.15, -0.1) is 0 Å². The number of hydrogen-bond acceptors (Lipinski definition) is 6. The largest absolute Gasteiger partial charge is 0.469 e. The third-order valence-corrected chi connectivity index (χ3v) is 3.19. The lowest BCUT2D eigenvalue weighted by Gasteiger charge is -2.34. The molecule has 0 aromatic heterocycles. The molecule has 7 heteroatoms. The molecule has 20 heavy (non-hydrogen) atoms. The molecule has 0 bridgehead atoms. The number of morpholine rings is 1. The standard InChI is InChI=1S/C13H16N2O5/c1-19-13(16)8-12-9-14(6-7-20-12)10-2-4-11(5-3-10)15(17)18/h2-5,12H,6-9H2,1H3. The minimum Gasteiger partial charge on any atom is -0.469 e. The highest BCUT2D eigenvalue weighted by Crippen LogP contribution is 2.22. The molecule has 1 aromatic rings. The number of anilines is 1. The summed E-state index contributed by atoms with van der Waals surface area (Å²) in [4.78, 5) is 23.5. The van der Waals surface area contributed by atoms with Gasteiger partial charge in [0.15, 0.2) is 0 Å². The Kier molecular flexibility index (Phi) is 4.52. The molecule has 1 aromatic carbocycles. The van der Waals surface area contributed by atoms with Crippen molar-refractivity contribution in [1.29, 1.82) is 0 Å². The van der Waals surface area contributed by atoms with Crippen LogP contribution in [0.5, 0.6) is 0 Å². The van der Waals surface area contributed by atoms with Crippen LogP contribution in [0.4, 0.5) is 11.4 Å². The van der Waals surface area contributed by atoms with E-state index in [1.165, 1.54) is 19.2 Å². The maximum absolute atomic E-state index is 11.2. The fourth-order valence-electron chi connectivity index (χ4n) is 2.13. The van der Waals surface area contributed by atoms with Crippen molar-refractivity contribution >= 4 is 17.3 Å². The van der Waals surface area contributed by atoms with Crippen LogP contribution in [0.15, 0.2) is 24.3 Å². The van der Waals surface area contributed by atoms with E-state index >= 15 is 0 Å². The number of hydrogen-bond donors (Lipinski definition) is 0. The predicted molar refractivity (Wildman–Crippen MR) is 71.7 cm³/mol. The number of non-ortho nitro benzene ring substituents is 1. The first-order valence-corrected chi connectivity index (χ1v) is 6.28. The van der Waals surface area contributed by atoms with Crippen LogP contribution < -0.4 is 4.90 Å². The van der Waals surface area contributed by atoms with Gasteiger partial charge >= 0.3 is 5.97 Å². The van der Waals surface area contributed by atoms with E-state index in [4.69, 9.17) is 4.74 Å². The summed E-state index contributed by atoms with van der Waals surface area (Å²) in [5, 5.41) is 10.6. The van der Waals surface area contributed by atoms with E-state index in [0.717, 1.165) is 5.69 Å².